The molecule has 8 nitrogen and oxygen atoms in total. The predicted molar refractivity (Wildman–Crippen MR) is 92.0 cm³/mol. The van der Waals surface area contributed by atoms with Gasteiger partial charge >= 0.3 is 11.9 Å². The van der Waals surface area contributed by atoms with Gasteiger partial charge in [0, 0.05) is 12.1 Å². The number of hydrogen-bond donors (Lipinski definition) is 0. The lowest BCUT2D eigenvalue weighted by atomic mass is 10.1. The van der Waals surface area contributed by atoms with Crippen LogP contribution in [0.15, 0.2) is 46.4 Å². The van der Waals surface area contributed by atoms with Gasteiger partial charge in [-0.25, -0.2) is 9.59 Å². The van der Waals surface area contributed by atoms with E-state index in [0.29, 0.717) is 0 Å². The Bertz CT molecular complexity index is 831. The molecule has 2 aromatic rings. The van der Waals surface area contributed by atoms with E-state index in [4.69, 9.17) is 13.9 Å². The average molecular weight is 359 g/mol. The van der Waals surface area contributed by atoms with Crippen molar-refractivity contribution in [2.24, 2.45) is 0 Å². The lowest BCUT2D eigenvalue weighted by Crippen LogP contribution is -2.18. The Labute approximate surface area is 149 Å². The number of hydrogen-bond acceptors (Lipinski definition) is 7. The summed E-state index contributed by atoms with van der Waals surface area (Å²) in [6, 6.07) is 9.10. The van der Waals surface area contributed by atoms with Gasteiger partial charge in [-0.1, -0.05) is 12.1 Å². The molecule has 26 heavy (non-hydrogen) atoms. The average Bonchev–Trinajstić information content (AvgIpc) is 3.08. The highest BCUT2D eigenvalue weighted by Gasteiger charge is 2.22. The van der Waals surface area contributed by atoms with Crippen LogP contribution in [-0.4, -0.2) is 30.1 Å². The van der Waals surface area contributed by atoms with E-state index in [-0.39, 0.29) is 41.6 Å². The Hall–Kier alpha value is -3.42. The van der Waals surface area contributed by atoms with E-state index < -0.39 is 16.9 Å². The van der Waals surface area contributed by atoms with Crippen LogP contribution in [0.5, 0.6) is 0 Å². The molecule has 0 saturated carbocycles. The monoisotopic (exact) mass is 359 g/mol. The number of carbonyl (C=O) groups is 2. The van der Waals surface area contributed by atoms with Gasteiger partial charge in [0.05, 0.1) is 23.7 Å². The van der Waals surface area contributed by atoms with Crippen LogP contribution < -0.4 is 0 Å². The lowest BCUT2D eigenvalue weighted by Gasteiger charge is -2.05. The molecule has 0 atom stereocenters. The lowest BCUT2D eigenvalue weighted by molar-refractivity contribution is -0.384. The van der Waals surface area contributed by atoms with Crippen molar-refractivity contribution in [3.8, 4) is 11.3 Å². The standard InChI is InChI=1S/C18H17NO7/c1-3-24-17(20)14(18(21)25-4-2)11-12-9-10-16(26-12)13-7-5-6-8-15(13)19(22)23/h5-11H,3-4H2,1-2H3. The third-order valence-electron chi connectivity index (χ3n) is 3.27. The third-order valence-corrected chi connectivity index (χ3v) is 3.27. The maximum atomic E-state index is 12.0. The van der Waals surface area contributed by atoms with E-state index in [1.54, 1.807) is 32.0 Å². The molecule has 1 heterocycles. The summed E-state index contributed by atoms with van der Waals surface area (Å²) in [6.07, 6.45) is 1.19. The third kappa shape index (κ3) is 4.35. The number of benzene rings is 1. The smallest absolute Gasteiger partial charge is 0.345 e. The molecule has 0 unspecified atom stereocenters. The molecule has 0 bridgehead atoms. The van der Waals surface area contributed by atoms with Crippen LogP contribution in [0.3, 0.4) is 0 Å². The molecule has 0 aliphatic carbocycles. The van der Waals surface area contributed by atoms with E-state index in [0.717, 1.165) is 0 Å². The molecule has 2 rings (SSSR count). The molecule has 0 aliphatic heterocycles. The molecule has 0 fully saturated rings. The van der Waals surface area contributed by atoms with Crippen LogP contribution in [-0.2, 0) is 19.1 Å². The van der Waals surface area contributed by atoms with Gasteiger partial charge in [0.2, 0.25) is 0 Å². The summed E-state index contributed by atoms with van der Waals surface area (Å²) in [5.41, 5.74) is -0.156. The normalized spacial score (nSPS) is 10.1. The van der Waals surface area contributed by atoms with Gasteiger partial charge in [-0.3, -0.25) is 10.1 Å². The zero-order chi connectivity index (χ0) is 19.1. The quantitative estimate of drug-likeness (QED) is 0.186. The van der Waals surface area contributed by atoms with Gasteiger partial charge in [0.1, 0.15) is 17.1 Å². The van der Waals surface area contributed by atoms with Crippen LogP contribution in [0.1, 0.15) is 19.6 Å². The van der Waals surface area contributed by atoms with E-state index in [9.17, 15) is 19.7 Å². The van der Waals surface area contributed by atoms with Gasteiger partial charge in [-0.15, -0.1) is 0 Å². The number of rotatable bonds is 7. The Morgan fingerprint density at radius 2 is 1.69 bits per heavy atom. The molecule has 1 aromatic heterocycles. The zero-order valence-corrected chi connectivity index (χ0v) is 14.3. The van der Waals surface area contributed by atoms with E-state index in [2.05, 4.69) is 0 Å². The summed E-state index contributed by atoms with van der Waals surface area (Å²) in [7, 11) is 0. The summed E-state index contributed by atoms with van der Waals surface area (Å²) in [4.78, 5) is 34.5. The second-order valence-electron chi connectivity index (χ2n) is 4.98. The van der Waals surface area contributed by atoms with Gasteiger partial charge < -0.3 is 13.9 Å². The zero-order valence-electron chi connectivity index (χ0n) is 14.3. The van der Waals surface area contributed by atoms with Crippen LogP contribution >= 0.6 is 0 Å². The number of carbonyl (C=O) groups excluding carboxylic acids is 2. The van der Waals surface area contributed by atoms with Crippen molar-refractivity contribution in [3.05, 3.63) is 57.8 Å². The fourth-order valence-electron chi connectivity index (χ4n) is 2.18. The minimum absolute atomic E-state index is 0.0925. The van der Waals surface area contributed by atoms with Crippen LogP contribution in [0.2, 0.25) is 0 Å². The van der Waals surface area contributed by atoms with E-state index in [1.165, 1.54) is 24.3 Å². The van der Waals surface area contributed by atoms with Gasteiger partial charge in [0.25, 0.3) is 5.69 Å². The summed E-state index contributed by atoms with van der Waals surface area (Å²) in [5, 5.41) is 11.1. The van der Waals surface area contributed by atoms with Crippen molar-refractivity contribution >= 4 is 23.7 Å². The molecule has 0 saturated heterocycles. The Morgan fingerprint density at radius 1 is 1.08 bits per heavy atom. The topological polar surface area (TPSA) is 109 Å². The molecule has 0 aliphatic rings. The maximum Gasteiger partial charge on any atom is 0.345 e. The van der Waals surface area contributed by atoms with Crippen molar-refractivity contribution in [2.45, 2.75) is 13.8 Å². The number of furan rings is 1. The van der Waals surface area contributed by atoms with Crippen molar-refractivity contribution in [2.75, 3.05) is 13.2 Å². The molecular weight excluding hydrogens is 342 g/mol. The number of nitro groups is 1. The Balaban J connectivity index is 2.40. The van der Waals surface area contributed by atoms with Crippen LogP contribution in [0.25, 0.3) is 17.4 Å². The molecule has 1 aromatic carbocycles. The highest BCUT2D eigenvalue weighted by molar-refractivity contribution is 6.17. The van der Waals surface area contributed by atoms with Gasteiger partial charge in [-0.05, 0) is 32.0 Å². The number of para-hydroxylation sites is 1. The first-order valence-electron chi connectivity index (χ1n) is 7.87. The molecule has 136 valence electrons. The van der Waals surface area contributed by atoms with Crippen LogP contribution in [0.4, 0.5) is 5.69 Å². The summed E-state index contributed by atoms with van der Waals surface area (Å²) < 4.78 is 15.2. The predicted octanol–water partition coefficient (Wildman–Crippen LogP) is 3.36. The molecular formula is C18H17NO7. The van der Waals surface area contributed by atoms with Crippen LogP contribution in [0, 0.1) is 10.1 Å². The van der Waals surface area contributed by atoms with Gasteiger partial charge in [-0.2, -0.15) is 0 Å². The van der Waals surface area contributed by atoms with Gasteiger partial charge in [0.15, 0.2) is 0 Å². The summed E-state index contributed by atoms with van der Waals surface area (Å²) in [5.74, 6) is -1.28. The highest BCUT2D eigenvalue weighted by atomic mass is 16.6. The molecule has 0 spiro atoms. The fraction of sp³-hybridized carbons (Fsp3) is 0.222. The molecule has 0 N–H and O–H groups in total. The SMILES string of the molecule is CCOC(=O)C(=Cc1ccc(-c2ccccc2[N+](=O)[O-])o1)C(=O)OCC. The Morgan fingerprint density at radius 3 is 2.27 bits per heavy atom. The largest absolute Gasteiger partial charge is 0.462 e. The first kappa shape index (κ1) is 18.9. The molecule has 0 radical (unpaired) electrons. The number of esters is 2. The fourth-order valence-corrected chi connectivity index (χ4v) is 2.18. The highest BCUT2D eigenvalue weighted by Crippen LogP contribution is 2.31. The summed E-state index contributed by atoms with van der Waals surface area (Å²) >= 11 is 0. The second-order valence-corrected chi connectivity index (χ2v) is 4.98. The minimum atomic E-state index is -0.838. The van der Waals surface area contributed by atoms with Crippen molar-refractivity contribution < 1.29 is 28.4 Å². The summed E-state index contributed by atoms with van der Waals surface area (Å²) in [6.45, 7) is 3.41. The van der Waals surface area contributed by atoms with E-state index in [1.807, 2.05) is 0 Å². The number of nitro benzene ring substituents is 1. The maximum absolute atomic E-state index is 12.0. The molecule has 0 amide bonds. The minimum Gasteiger partial charge on any atom is -0.462 e. The van der Waals surface area contributed by atoms with Crippen molar-refractivity contribution in [3.63, 3.8) is 0 Å². The van der Waals surface area contributed by atoms with Crippen molar-refractivity contribution in [1.29, 1.82) is 0 Å². The molecule has 8 heteroatoms. The van der Waals surface area contributed by atoms with E-state index >= 15 is 0 Å². The first-order valence-corrected chi connectivity index (χ1v) is 7.87. The number of ether oxygens (including phenoxy) is 2. The second kappa shape index (κ2) is 8.61. The Kier molecular flexibility index (Phi) is 6.26. The van der Waals surface area contributed by atoms with Crippen molar-refractivity contribution in [1.82, 2.24) is 0 Å². The first-order chi connectivity index (χ1) is 12.5. The number of nitrogens with zero attached hydrogens (tertiary/aromatic N) is 1.